The molecule has 0 aliphatic heterocycles. The Morgan fingerprint density at radius 1 is 1.24 bits per heavy atom. The Labute approximate surface area is 123 Å². The third kappa shape index (κ3) is 2.86. The van der Waals surface area contributed by atoms with Crippen LogP contribution < -0.4 is 11.0 Å². The number of benzene rings is 1. The van der Waals surface area contributed by atoms with Crippen molar-refractivity contribution in [1.29, 1.82) is 5.41 Å². The molecule has 0 unspecified atom stereocenters. The molecule has 0 bridgehead atoms. The van der Waals surface area contributed by atoms with Gasteiger partial charge < -0.3 is 15.7 Å². The predicted octanol–water partition coefficient (Wildman–Crippen LogP) is 2.79. The number of nitrogens with zero attached hydrogens (tertiary/aromatic N) is 1. The first-order valence-electron chi connectivity index (χ1n) is 7.24. The van der Waals surface area contributed by atoms with Crippen molar-refractivity contribution in [2.45, 2.75) is 31.7 Å². The number of nitrogens with one attached hydrogen (secondary N) is 3. The van der Waals surface area contributed by atoms with Crippen LogP contribution in [-0.2, 0) is 0 Å². The molecule has 5 heteroatoms. The summed E-state index contributed by atoms with van der Waals surface area (Å²) >= 11 is 0. The lowest BCUT2D eigenvalue weighted by molar-refractivity contribution is 0.748. The number of H-pyrrole nitrogens is 1. The minimum absolute atomic E-state index is 0.349. The molecule has 1 fully saturated rings. The fourth-order valence-corrected chi connectivity index (χ4v) is 2.83. The van der Waals surface area contributed by atoms with Gasteiger partial charge in [-0.2, -0.15) is 4.98 Å². The van der Waals surface area contributed by atoms with Crippen molar-refractivity contribution < 1.29 is 0 Å². The first-order valence-corrected chi connectivity index (χ1v) is 7.24. The maximum absolute atomic E-state index is 11.8. The van der Waals surface area contributed by atoms with Crippen molar-refractivity contribution in [3.8, 4) is 11.3 Å². The van der Waals surface area contributed by atoms with E-state index in [2.05, 4.69) is 15.3 Å². The highest BCUT2D eigenvalue weighted by molar-refractivity contribution is 5.92. The number of aromatic amines is 1. The zero-order chi connectivity index (χ0) is 14.7. The van der Waals surface area contributed by atoms with Gasteiger partial charge in [-0.25, -0.2) is 4.79 Å². The van der Waals surface area contributed by atoms with Crippen LogP contribution in [0.25, 0.3) is 11.3 Å². The lowest BCUT2D eigenvalue weighted by Crippen LogP contribution is -2.22. The Balaban J connectivity index is 2.06. The normalized spacial score (nSPS) is 15.0. The molecule has 2 aromatic rings. The molecule has 5 nitrogen and oxygen atoms in total. The second-order valence-electron chi connectivity index (χ2n) is 5.32. The van der Waals surface area contributed by atoms with Gasteiger partial charge in [-0.15, -0.1) is 0 Å². The van der Waals surface area contributed by atoms with E-state index < -0.39 is 0 Å². The third-order valence-electron chi connectivity index (χ3n) is 3.87. The van der Waals surface area contributed by atoms with Crippen molar-refractivity contribution in [2.24, 2.45) is 0 Å². The maximum atomic E-state index is 11.8. The van der Waals surface area contributed by atoms with Gasteiger partial charge in [0, 0.05) is 12.3 Å². The van der Waals surface area contributed by atoms with E-state index in [0.29, 0.717) is 23.1 Å². The summed E-state index contributed by atoms with van der Waals surface area (Å²) in [5, 5.41) is 11.0. The monoisotopic (exact) mass is 282 g/mol. The van der Waals surface area contributed by atoms with Crippen LogP contribution in [-0.4, -0.2) is 22.2 Å². The van der Waals surface area contributed by atoms with E-state index in [4.69, 9.17) is 5.41 Å². The van der Waals surface area contributed by atoms with Gasteiger partial charge in [0.1, 0.15) is 5.82 Å². The third-order valence-corrected chi connectivity index (χ3v) is 3.87. The highest BCUT2D eigenvalue weighted by Crippen LogP contribution is 2.26. The maximum Gasteiger partial charge on any atom is 0.347 e. The summed E-state index contributed by atoms with van der Waals surface area (Å²) in [5.41, 5.74) is 1.77. The van der Waals surface area contributed by atoms with Crippen molar-refractivity contribution >= 4 is 12.0 Å². The molecule has 0 amide bonds. The van der Waals surface area contributed by atoms with Crippen LogP contribution in [0, 0.1) is 5.41 Å². The highest BCUT2D eigenvalue weighted by Gasteiger charge is 2.18. The standard InChI is InChI=1S/C16H18N4O/c17-10-13-14(11-6-2-1-3-7-11)19-16(21)20-15(13)18-12-8-4-5-9-12/h1-3,6-7,10,12,17H,4-5,8-9H2,(H2,18,19,20,21). The van der Waals surface area contributed by atoms with Crippen LogP contribution in [0.1, 0.15) is 31.2 Å². The van der Waals surface area contributed by atoms with Gasteiger partial charge in [0.2, 0.25) is 0 Å². The van der Waals surface area contributed by atoms with Crippen molar-refractivity contribution in [3.05, 3.63) is 46.4 Å². The molecule has 1 aromatic heterocycles. The van der Waals surface area contributed by atoms with Gasteiger partial charge in [0.15, 0.2) is 0 Å². The van der Waals surface area contributed by atoms with Crippen LogP contribution in [0.3, 0.4) is 0 Å². The van der Waals surface area contributed by atoms with E-state index in [0.717, 1.165) is 18.4 Å². The van der Waals surface area contributed by atoms with Gasteiger partial charge in [-0.1, -0.05) is 43.2 Å². The topological polar surface area (TPSA) is 81.6 Å². The van der Waals surface area contributed by atoms with E-state index in [1.165, 1.54) is 19.1 Å². The van der Waals surface area contributed by atoms with Gasteiger partial charge in [-0.05, 0) is 18.4 Å². The number of rotatable bonds is 4. The summed E-state index contributed by atoms with van der Waals surface area (Å²) in [5.74, 6) is 0.513. The van der Waals surface area contributed by atoms with Crippen LogP contribution in [0.4, 0.5) is 5.82 Å². The number of anilines is 1. The number of hydrogen-bond donors (Lipinski definition) is 3. The van der Waals surface area contributed by atoms with Crippen molar-refractivity contribution in [3.63, 3.8) is 0 Å². The fourth-order valence-electron chi connectivity index (χ4n) is 2.83. The molecule has 108 valence electrons. The summed E-state index contributed by atoms with van der Waals surface area (Å²) in [7, 11) is 0. The molecule has 3 N–H and O–H groups in total. The molecular formula is C16H18N4O. The largest absolute Gasteiger partial charge is 0.367 e. The molecule has 21 heavy (non-hydrogen) atoms. The Morgan fingerprint density at radius 2 is 1.95 bits per heavy atom. The molecule has 0 spiro atoms. The summed E-state index contributed by atoms with van der Waals surface area (Å²) in [6, 6.07) is 9.92. The SMILES string of the molecule is N=Cc1c(NC2CCCC2)nc(=O)[nH]c1-c1ccccc1. The molecule has 0 radical (unpaired) electrons. The minimum atomic E-state index is -0.389. The Kier molecular flexibility index (Phi) is 3.81. The fraction of sp³-hybridized carbons (Fsp3) is 0.312. The van der Waals surface area contributed by atoms with Crippen LogP contribution in [0.15, 0.2) is 35.1 Å². The van der Waals surface area contributed by atoms with Gasteiger partial charge in [0.05, 0.1) is 11.3 Å². The molecule has 1 aromatic carbocycles. The average molecular weight is 282 g/mol. The van der Waals surface area contributed by atoms with Crippen LogP contribution in [0.5, 0.6) is 0 Å². The van der Waals surface area contributed by atoms with Gasteiger partial charge in [0.25, 0.3) is 0 Å². The van der Waals surface area contributed by atoms with Crippen LogP contribution >= 0.6 is 0 Å². The molecule has 3 rings (SSSR count). The second kappa shape index (κ2) is 5.91. The molecule has 1 aliphatic rings. The molecule has 0 saturated heterocycles. The van der Waals surface area contributed by atoms with E-state index in [1.54, 1.807) is 0 Å². The van der Waals surface area contributed by atoms with Crippen LogP contribution in [0.2, 0.25) is 0 Å². The lowest BCUT2D eigenvalue weighted by Gasteiger charge is -2.16. The zero-order valence-electron chi connectivity index (χ0n) is 11.7. The number of hydrogen-bond acceptors (Lipinski definition) is 4. The highest BCUT2D eigenvalue weighted by atomic mass is 16.1. The Bertz CT molecular complexity index is 687. The van der Waals surface area contributed by atoms with E-state index in [1.807, 2.05) is 30.3 Å². The van der Waals surface area contributed by atoms with E-state index >= 15 is 0 Å². The van der Waals surface area contributed by atoms with Crippen molar-refractivity contribution in [1.82, 2.24) is 9.97 Å². The first kappa shape index (κ1) is 13.5. The smallest absolute Gasteiger partial charge is 0.347 e. The Hall–Kier alpha value is -2.43. The van der Waals surface area contributed by atoms with E-state index in [9.17, 15) is 4.79 Å². The number of aromatic nitrogens is 2. The average Bonchev–Trinajstić information content (AvgIpc) is 3.00. The zero-order valence-corrected chi connectivity index (χ0v) is 11.7. The summed E-state index contributed by atoms with van der Waals surface area (Å²) in [6.07, 6.45) is 5.83. The van der Waals surface area contributed by atoms with E-state index in [-0.39, 0.29) is 5.69 Å². The van der Waals surface area contributed by atoms with Gasteiger partial charge >= 0.3 is 5.69 Å². The Morgan fingerprint density at radius 3 is 2.62 bits per heavy atom. The molecule has 1 heterocycles. The first-order chi connectivity index (χ1) is 10.3. The minimum Gasteiger partial charge on any atom is -0.367 e. The van der Waals surface area contributed by atoms with Gasteiger partial charge in [-0.3, -0.25) is 0 Å². The predicted molar refractivity (Wildman–Crippen MR) is 84.1 cm³/mol. The van der Waals surface area contributed by atoms with Crippen molar-refractivity contribution in [2.75, 3.05) is 5.32 Å². The molecular weight excluding hydrogens is 264 g/mol. The summed E-state index contributed by atoms with van der Waals surface area (Å²) in [6.45, 7) is 0. The quantitative estimate of drug-likeness (QED) is 0.754. The summed E-state index contributed by atoms with van der Waals surface area (Å²) in [4.78, 5) is 18.6. The molecule has 1 saturated carbocycles. The lowest BCUT2D eigenvalue weighted by atomic mass is 10.1. The second-order valence-corrected chi connectivity index (χ2v) is 5.32. The summed E-state index contributed by atoms with van der Waals surface area (Å²) < 4.78 is 0. The molecule has 1 aliphatic carbocycles. The molecule has 0 atom stereocenters.